The quantitative estimate of drug-likeness (QED) is 0.540. The molecule has 33 heavy (non-hydrogen) atoms. The molecule has 0 radical (unpaired) electrons. The third kappa shape index (κ3) is 5.80. The van der Waals surface area contributed by atoms with Crippen molar-refractivity contribution in [3.8, 4) is 5.69 Å². The highest BCUT2D eigenvalue weighted by atomic mass is 16.2. The summed E-state index contributed by atoms with van der Waals surface area (Å²) < 4.78 is 1.73. The number of benzene rings is 2. The number of hydrogen-bond donors (Lipinski definition) is 2. The average Bonchev–Trinajstić information content (AvgIpc) is 3.20. The normalized spacial score (nSPS) is 11.2. The smallest absolute Gasteiger partial charge is 0.315 e. The summed E-state index contributed by atoms with van der Waals surface area (Å²) in [5.41, 5.74) is 4.38. The van der Waals surface area contributed by atoms with Crippen LogP contribution in [0.2, 0.25) is 0 Å². The zero-order valence-corrected chi connectivity index (χ0v) is 20.3. The van der Waals surface area contributed by atoms with Gasteiger partial charge in [0.15, 0.2) is 0 Å². The Morgan fingerprint density at radius 3 is 2.33 bits per heavy atom. The Kier molecular flexibility index (Phi) is 7.21. The number of anilines is 2. The minimum absolute atomic E-state index is 0.0714. The number of amides is 3. The maximum absolute atomic E-state index is 12.9. The summed E-state index contributed by atoms with van der Waals surface area (Å²) in [6.45, 7) is 12.4. The summed E-state index contributed by atoms with van der Waals surface area (Å²) in [5.74, 6) is 0.285. The number of urea groups is 1. The Hall–Kier alpha value is -3.61. The standard InChI is InChI=1S/C26H33N5O2/c1-7-30(25(33)27-21-15-11-12-18(2)19(21)3)17-24(32)28-23-16-22(26(4,5)6)29-31(23)20-13-9-8-10-14-20/h8-16H,7,17H2,1-6H3,(H,27,33)(H,28,32). The number of aryl methyl sites for hydroxylation is 1. The fourth-order valence-corrected chi connectivity index (χ4v) is 3.37. The van der Waals surface area contributed by atoms with Gasteiger partial charge in [-0.3, -0.25) is 4.79 Å². The van der Waals surface area contributed by atoms with Gasteiger partial charge in [-0.2, -0.15) is 5.10 Å². The van der Waals surface area contributed by atoms with Crippen LogP contribution in [0.4, 0.5) is 16.3 Å². The molecule has 7 nitrogen and oxygen atoms in total. The van der Waals surface area contributed by atoms with E-state index >= 15 is 0 Å². The summed E-state index contributed by atoms with van der Waals surface area (Å²) in [4.78, 5) is 27.2. The van der Waals surface area contributed by atoms with Crippen molar-refractivity contribution >= 4 is 23.4 Å². The molecule has 1 heterocycles. The Morgan fingerprint density at radius 1 is 1.00 bits per heavy atom. The van der Waals surface area contributed by atoms with Gasteiger partial charge in [-0.05, 0) is 50.1 Å². The van der Waals surface area contributed by atoms with Gasteiger partial charge in [0.25, 0.3) is 0 Å². The van der Waals surface area contributed by atoms with Gasteiger partial charge in [0.1, 0.15) is 12.4 Å². The first-order valence-corrected chi connectivity index (χ1v) is 11.2. The molecule has 174 valence electrons. The summed E-state index contributed by atoms with van der Waals surface area (Å²) >= 11 is 0. The number of hydrogen-bond acceptors (Lipinski definition) is 3. The lowest BCUT2D eigenvalue weighted by Gasteiger charge is -2.22. The molecule has 0 saturated carbocycles. The van der Waals surface area contributed by atoms with E-state index in [0.717, 1.165) is 28.2 Å². The van der Waals surface area contributed by atoms with Crippen molar-refractivity contribution in [1.82, 2.24) is 14.7 Å². The van der Waals surface area contributed by atoms with E-state index in [2.05, 4.69) is 31.4 Å². The Labute approximate surface area is 195 Å². The number of para-hydroxylation sites is 1. The minimum Gasteiger partial charge on any atom is -0.315 e. The monoisotopic (exact) mass is 447 g/mol. The fraction of sp³-hybridized carbons (Fsp3) is 0.346. The molecule has 0 spiro atoms. The van der Waals surface area contributed by atoms with Gasteiger partial charge in [-0.15, -0.1) is 0 Å². The summed E-state index contributed by atoms with van der Waals surface area (Å²) in [6, 6.07) is 17.0. The number of likely N-dealkylation sites (N-methyl/N-ethyl adjacent to an activating group) is 1. The van der Waals surface area contributed by atoms with E-state index in [1.54, 1.807) is 4.68 Å². The van der Waals surface area contributed by atoms with Gasteiger partial charge in [-0.25, -0.2) is 9.48 Å². The van der Waals surface area contributed by atoms with Gasteiger partial charge < -0.3 is 15.5 Å². The van der Waals surface area contributed by atoms with Gasteiger partial charge in [0, 0.05) is 23.7 Å². The first-order chi connectivity index (χ1) is 15.6. The van der Waals surface area contributed by atoms with Crippen molar-refractivity contribution in [1.29, 1.82) is 0 Å². The lowest BCUT2D eigenvalue weighted by atomic mass is 9.92. The molecular formula is C26H33N5O2. The number of nitrogens with zero attached hydrogens (tertiary/aromatic N) is 3. The summed E-state index contributed by atoms with van der Waals surface area (Å²) in [6.07, 6.45) is 0. The number of nitrogens with one attached hydrogen (secondary N) is 2. The van der Waals surface area contributed by atoms with Crippen LogP contribution in [0.1, 0.15) is 44.5 Å². The van der Waals surface area contributed by atoms with Crippen LogP contribution in [0.5, 0.6) is 0 Å². The molecule has 3 rings (SSSR count). The molecule has 3 amide bonds. The molecule has 0 fully saturated rings. The molecule has 2 N–H and O–H groups in total. The van der Waals surface area contributed by atoms with E-state index < -0.39 is 0 Å². The third-order valence-electron chi connectivity index (χ3n) is 5.60. The van der Waals surface area contributed by atoms with Crippen LogP contribution in [0, 0.1) is 13.8 Å². The molecule has 2 aromatic carbocycles. The molecule has 0 unspecified atom stereocenters. The highest BCUT2D eigenvalue weighted by molar-refractivity contribution is 5.97. The topological polar surface area (TPSA) is 79.3 Å². The van der Waals surface area contributed by atoms with Crippen molar-refractivity contribution in [2.45, 2.75) is 47.0 Å². The van der Waals surface area contributed by atoms with E-state index in [1.807, 2.05) is 75.4 Å². The summed E-state index contributed by atoms with van der Waals surface area (Å²) in [5, 5.41) is 10.6. The van der Waals surface area contributed by atoms with Crippen LogP contribution in [0.3, 0.4) is 0 Å². The van der Waals surface area contributed by atoms with E-state index in [1.165, 1.54) is 4.90 Å². The fourth-order valence-electron chi connectivity index (χ4n) is 3.37. The largest absolute Gasteiger partial charge is 0.322 e. The van der Waals surface area contributed by atoms with Crippen LogP contribution in [0.25, 0.3) is 5.69 Å². The Morgan fingerprint density at radius 2 is 1.70 bits per heavy atom. The first-order valence-electron chi connectivity index (χ1n) is 11.2. The van der Waals surface area contributed by atoms with Crippen LogP contribution in [-0.4, -0.2) is 39.7 Å². The molecule has 0 bridgehead atoms. The zero-order chi connectivity index (χ0) is 24.2. The van der Waals surface area contributed by atoms with Gasteiger partial charge in [0.2, 0.25) is 5.91 Å². The highest BCUT2D eigenvalue weighted by Crippen LogP contribution is 2.26. The average molecular weight is 448 g/mol. The van der Waals surface area contributed by atoms with Crippen molar-refractivity contribution < 1.29 is 9.59 Å². The van der Waals surface area contributed by atoms with Crippen LogP contribution >= 0.6 is 0 Å². The number of aromatic nitrogens is 2. The Balaban J connectivity index is 1.77. The maximum atomic E-state index is 12.9. The highest BCUT2D eigenvalue weighted by Gasteiger charge is 2.23. The Bertz CT molecular complexity index is 1130. The molecule has 0 aliphatic rings. The predicted octanol–water partition coefficient (Wildman–Crippen LogP) is 5.28. The van der Waals surface area contributed by atoms with E-state index in [9.17, 15) is 9.59 Å². The number of carbonyl (C=O) groups excluding carboxylic acids is 2. The molecule has 3 aromatic rings. The van der Waals surface area contributed by atoms with Crippen molar-refractivity contribution in [2.75, 3.05) is 23.7 Å². The van der Waals surface area contributed by atoms with E-state index in [0.29, 0.717) is 12.4 Å². The van der Waals surface area contributed by atoms with Crippen molar-refractivity contribution in [3.05, 3.63) is 71.4 Å². The van der Waals surface area contributed by atoms with E-state index in [-0.39, 0.29) is 23.9 Å². The lowest BCUT2D eigenvalue weighted by Crippen LogP contribution is -2.40. The molecule has 0 aliphatic carbocycles. The van der Waals surface area contributed by atoms with Crippen molar-refractivity contribution in [2.24, 2.45) is 0 Å². The van der Waals surface area contributed by atoms with Crippen molar-refractivity contribution in [3.63, 3.8) is 0 Å². The number of rotatable bonds is 6. The SMILES string of the molecule is CCN(CC(=O)Nc1cc(C(C)(C)C)nn1-c1ccccc1)C(=O)Nc1cccc(C)c1C. The van der Waals surface area contributed by atoms with E-state index in [4.69, 9.17) is 5.10 Å². The van der Waals surface area contributed by atoms with Gasteiger partial charge in [0.05, 0.1) is 11.4 Å². The zero-order valence-electron chi connectivity index (χ0n) is 20.3. The second-order valence-corrected chi connectivity index (χ2v) is 9.15. The minimum atomic E-state index is -0.312. The third-order valence-corrected chi connectivity index (χ3v) is 5.60. The lowest BCUT2D eigenvalue weighted by molar-refractivity contribution is -0.116. The molecule has 0 atom stereocenters. The molecule has 0 saturated heterocycles. The first kappa shape index (κ1) is 24.0. The van der Waals surface area contributed by atoms with Crippen LogP contribution in [0.15, 0.2) is 54.6 Å². The maximum Gasteiger partial charge on any atom is 0.322 e. The predicted molar refractivity (Wildman–Crippen MR) is 133 cm³/mol. The second kappa shape index (κ2) is 9.90. The molecule has 0 aliphatic heterocycles. The number of carbonyl (C=O) groups is 2. The molecule has 1 aromatic heterocycles. The summed E-state index contributed by atoms with van der Waals surface area (Å²) in [7, 11) is 0. The molecule has 7 heteroatoms. The second-order valence-electron chi connectivity index (χ2n) is 9.15. The van der Waals surface area contributed by atoms with Crippen LogP contribution < -0.4 is 10.6 Å². The van der Waals surface area contributed by atoms with Crippen LogP contribution in [-0.2, 0) is 10.2 Å². The van der Waals surface area contributed by atoms with Gasteiger partial charge >= 0.3 is 6.03 Å². The molecular weight excluding hydrogens is 414 g/mol. The van der Waals surface area contributed by atoms with Gasteiger partial charge in [-0.1, -0.05) is 51.1 Å².